The zero-order valence-corrected chi connectivity index (χ0v) is 8.17. The molecule has 1 rings (SSSR count). The minimum Gasteiger partial charge on any atom is -0.618 e. The van der Waals surface area contributed by atoms with Gasteiger partial charge in [-0.15, -0.1) is 0 Å². The maximum absolute atomic E-state index is 13.0. The number of carbonyl (C=O) groups excluding carboxylic acids is 1. The number of hydrogen-bond acceptors (Lipinski definition) is 3. The zero-order chi connectivity index (χ0) is 10.0. The number of ether oxygens (including phenoxy) is 1. The fourth-order valence-corrected chi connectivity index (χ4v) is 1.18. The molecule has 1 aromatic heterocycles. The normalized spacial score (nSPS) is 9.77. The maximum atomic E-state index is 13.0. The van der Waals surface area contributed by atoms with E-state index in [1.54, 1.807) is 0 Å². The molecule has 0 aliphatic carbocycles. The highest BCUT2D eigenvalue weighted by molar-refractivity contribution is 9.10. The lowest BCUT2D eigenvalue weighted by Gasteiger charge is -2.03. The maximum Gasteiger partial charge on any atom is 0.407 e. The Morgan fingerprint density at radius 3 is 2.85 bits per heavy atom. The van der Waals surface area contributed by atoms with Gasteiger partial charge in [0, 0.05) is 6.07 Å². The van der Waals surface area contributed by atoms with Crippen molar-refractivity contribution in [2.75, 3.05) is 7.11 Å². The van der Waals surface area contributed by atoms with Crippen LogP contribution in [0.2, 0.25) is 0 Å². The van der Waals surface area contributed by atoms with E-state index in [1.165, 1.54) is 0 Å². The van der Waals surface area contributed by atoms with E-state index in [4.69, 9.17) is 0 Å². The molecule has 0 atom stereocenters. The summed E-state index contributed by atoms with van der Waals surface area (Å²) in [6.45, 7) is 0. The minimum atomic E-state index is -1.00. The minimum absolute atomic E-state index is 0.116. The van der Waals surface area contributed by atoms with E-state index in [0.717, 1.165) is 19.4 Å². The molecule has 0 fully saturated rings. The van der Waals surface area contributed by atoms with Gasteiger partial charge in [-0.2, -0.15) is 9.12 Å². The van der Waals surface area contributed by atoms with Crippen molar-refractivity contribution < 1.29 is 18.7 Å². The third kappa shape index (κ3) is 1.95. The molecule has 1 aromatic rings. The van der Waals surface area contributed by atoms with Crippen molar-refractivity contribution in [1.29, 1.82) is 0 Å². The van der Waals surface area contributed by atoms with Gasteiger partial charge in [0.05, 0.1) is 11.6 Å². The van der Waals surface area contributed by atoms with Gasteiger partial charge in [0.1, 0.15) is 0 Å². The summed E-state index contributed by atoms with van der Waals surface area (Å²) >= 11 is 2.91. The molecule has 0 aliphatic heterocycles. The van der Waals surface area contributed by atoms with Crippen molar-refractivity contribution in [2.24, 2.45) is 0 Å². The van der Waals surface area contributed by atoms with Crippen LogP contribution in [0.4, 0.5) is 4.39 Å². The van der Waals surface area contributed by atoms with Gasteiger partial charge in [-0.1, -0.05) is 0 Å². The van der Waals surface area contributed by atoms with Crippen molar-refractivity contribution >= 4 is 21.9 Å². The first-order valence-electron chi connectivity index (χ1n) is 3.22. The highest BCUT2D eigenvalue weighted by atomic mass is 79.9. The van der Waals surface area contributed by atoms with Crippen molar-refractivity contribution in [2.45, 2.75) is 0 Å². The molecule has 0 saturated carbocycles. The van der Waals surface area contributed by atoms with E-state index in [2.05, 4.69) is 20.7 Å². The molecule has 0 bridgehead atoms. The van der Waals surface area contributed by atoms with Crippen molar-refractivity contribution in [3.05, 3.63) is 33.5 Å². The number of nitrogens with zero attached hydrogens (tertiary/aromatic N) is 1. The summed E-state index contributed by atoms with van der Waals surface area (Å²) in [7, 11) is 1.07. The Labute approximate surface area is 81.6 Å². The molecule has 0 radical (unpaired) electrons. The standard InChI is InChI=1S/C7H5BrFNO3/c1-13-7(11)6-5(9)2-4(8)3-10(6)12/h2-3H,1H3. The molecular formula is C7H5BrFNO3. The molecule has 0 unspecified atom stereocenters. The SMILES string of the molecule is COC(=O)c1c(F)cc(Br)c[n+]1[O-]. The lowest BCUT2D eigenvalue weighted by Crippen LogP contribution is -2.36. The van der Waals surface area contributed by atoms with Crippen molar-refractivity contribution in [3.63, 3.8) is 0 Å². The Bertz CT molecular complexity index is 333. The second kappa shape index (κ2) is 3.69. The summed E-state index contributed by atoms with van der Waals surface area (Å²) < 4.78 is 17.6. The van der Waals surface area contributed by atoms with Gasteiger partial charge in [-0.25, -0.2) is 4.79 Å². The summed E-state index contributed by atoms with van der Waals surface area (Å²) in [6.07, 6.45) is 1.02. The Morgan fingerprint density at radius 2 is 2.38 bits per heavy atom. The highest BCUT2D eigenvalue weighted by Crippen LogP contribution is 2.11. The van der Waals surface area contributed by atoms with Gasteiger partial charge in [-0.05, 0) is 15.9 Å². The first kappa shape index (κ1) is 9.91. The lowest BCUT2D eigenvalue weighted by atomic mass is 10.3. The highest BCUT2D eigenvalue weighted by Gasteiger charge is 2.23. The third-order valence-corrected chi connectivity index (χ3v) is 1.76. The zero-order valence-electron chi connectivity index (χ0n) is 6.58. The second-order valence-corrected chi connectivity index (χ2v) is 3.09. The van der Waals surface area contributed by atoms with Gasteiger partial charge in [0.2, 0.25) is 5.82 Å². The number of pyridine rings is 1. The quantitative estimate of drug-likeness (QED) is 0.424. The van der Waals surface area contributed by atoms with Crippen LogP contribution in [-0.4, -0.2) is 13.1 Å². The molecule has 4 nitrogen and oxygen atoms in total. The number of rotatable bonds is 1. The van der Waals surface area contributed by atoms with Crippen LogP contribution in [-0.2, 0) is 4.74 Å². The number of esters is 1. The number of methoxy groups -OCH3 is 1. The average molecular weight is 250 g/mol. The van der Waals surface area contributed by atoms with Crippen LogP contribution in [0.5, 0.6) is 0 Å². The van der Waals surface area contributed by atoms with Crippen LogP contribution in [0.15, 0.2) is 16.7 Å². The largest absolute Gasteiger partial charge is 0.618 e. The lowest BCUT2D eigenvalue weighted by molar-refractivity contribution is -0.610. The summed E-state index contributed by atoms with van der Waals surface area (Å²) in [4.78, 5) is 10.9. The van der Waals surface area contributed by atoms with Crippen LogP contribution in [0.1, 0.15) is 10.5 Å². The van der Waals surface area contributed by atoms with Gasteiger partial charge in [0.15, 0.2) is 6.20 Å². The average Bonchev–Trinajstić information content (AvgIpc) is 2.02. The smallest absolute Gasteiger partial charge is 0.407 e. The topological polar surface area (TPSA) is 53.2 Å². The molecule has 13 heavy (non-hydrogen) atoms. The molecule has 1 heterocycles. The molecular weight excluding hydrogens is 245 g/mol. The Hall–Kier alpha value is -1.17. The van der Waals surface area contributed by atoms with E-state index in [9.17, 15) is 14.4 Å². The monoisotopic (exact) mass is 249 g/mol. The predicted molar refractivity (Wildman–Crippen MR) is 44.4 cm³/mol. The molecule has 0 spiro atoms. The summed E-state index contributed by atoms with van der Waals surface area (Å²) in [5, 5.41) is 11.0. The molecule has 0 aliphatic rings. The summed E-state index contributed by atoms with van der Waals surface area (Å²) in [5.74, 6) is -1.92. The van der Waals surface area contributed by atoms with E-state index in [1.807, 2.05) is 0 Å². The molecule has 0 aromatic carbocycles. The molecule has 0 saturated heterocycles. The van der Waals surface area contributed by atoms with Crippen LogP contribution in [0.25, 0.3) is 0 Å². The van der Waals surface area contributed by atoms with Gasteiger partial charge >= 0.3 is 11.7 Å². The molecule has 0 amide bonds. The first-order chi connectivity index (χ1) is 6.06. The number of hydrogen-bond donors (Lipinski definition) is 0. The molecule has 0 N–H and O–H groups in total. The second-order valence-electron chi connectivity index (χ2n) is 2.17. The molecule has 6 heteroatoms. The molecule has 70 valence electrons. The van der Waals surface area contributed by atoms with E-state index >= 15 is 0 Å². The van der Waals surface area contributed by atoms with E-state index in [-0.39, 0.29) is 9.20 Å². The number of halogens is 2. The van der Waals surface area contributed by atoms with Gasteiger partial charge in [-0.3, -0.25) is 0 Å². The fourth-order valence-electron chi connectivity index (χ4n) is 0.793. The van der Waals surface area contributed by atoms with Crippen LogP contribution < -0.4 is 4.73 Å². The van der Waals surface area contributed by atoms with Crippen LogP contribution in [0.3, 0.4) is 0 Å². The van der Waals surface area contributed by atoms with Gasteiger partial charge in [0.25, 0.3) is 0 Å². The summed E-state index contributed by atoms with van der Waals surface area (Å²) in [5.41, 5.74) is -0.647. The first-order valence-corrected chi connectivity index (χ1v) is 4.02. The van der Waals surface area contributed by atoms with E-state index < -0.39 is 17.5 Å². The van der Waals surface area contributed by atoms with Crippen molar-refractivity contribution in [1.82, 2.24) is 0 Å². The van der Waals surface area contributed by atoms with Crippen molar-refractivity contribution in [3.8, 4) is 0 Å². The Kier molecular flexibility index (Phi) is 2.82. The van der Waals surface area contributed by atoms with E-state index in [0.29, 0.717) is 0 Å². The Morgan fingerprint density at radius 1 is 1.77 bits per heavy atom. The number of carbonyl (C=O) groups is 1. The Balaban J connectivity index is 3.28. The van der Waals surface area contributed by atoms with Gasteiger partial charge < -0.3 is 9.94 Å². The fraction of sp³-hybridized carbons (Fsp3) is 0.143. The number of aromatic nitrogens is 1. The third-order valence-electron chi connectivity index (χ3n) is 1.33. The van der Waals surface area contributed by atoms with Crippen LogP contribution in [0, 0.1) is 11.0 Å². The van der Waals surface area contributed by atoms with Crippen LogP contribution >= 0.6 is 15.9 Å². The summed E-state index contributed by atoms with van der Waals surface area (Å²) in [6, 6.07) is 1.01. The predicted octanol–water partition coefficient (Wildman–Crippen LogP) is 1.01.